The molecule has 0 spiro atoms. The van der Waals surface area contributed by atoms with Crippen LogP contribution in [0.4, 0.5) is 0 Å². The van der Waals surface area contributed by atoms with Gasteiger partial charge in [0.15, 0.2) is 6.61 Å². The number of carbonyl (C=O) groups excluding carboxylic acids is 1. The predicted octanol–water partition coefficient (Wildman–Crippen LogP) is 5.21. The summed E-state index contributed by atoms with van der Waals surface area (Å²) in [5, 5.41) is 6.43. The number of hydrogen-bond acceptors (Lipinski definition) is 4. The van der Waals surface area contributed by atoms with Crippen LogP contribution in [-0.4, -0.2) is 49.1 Å². The summed E-state index contributed by atoms with van der Waals surface area (Å²) in [6.45, 7) is 16.0. The second kappa shape index (κ2) is 18.6. The highest BCUT2D eigenvalue weighted by Gasteiger charge is 2.13. The fourth-order valence-corrected chi connectivity index (χ4v) is 3.07. The van der Waals surface area contributed by atoms with E-state index in [0.29, 0.717) is 0 Å². The maximum Gasteiger partial charge on any atom is 0.258 e. The Labute approximate surface area is 202 Å². The van der Waals surface area contributed by atoms with Gasteiger partial charge in [0.05, 0.1) is 0 Å². The van der Waals surface area contributed by atoms with Crippen molar-refractivity contribution in [1.29, 1.82) is 0 Å². The van der Waals surface area contributed by atoms with E-state index < -0.39 is 0 Å². The Kier molecular flexibility index (Phi) is 19.3. The van der Waals surface area contributed by atoms with E-state index in [-0.39, 0.29) is 42.9 Å². The molecule has 0 heterocycles. The van der Waals surface area contributed by atoms with Crippen molar-refractivity contribution in [3.05, 3.63) is 29.8 Å². The first-order valence-electron chi connectivity index (χ1n) is 11.3. The summed E-state index contributed by atoms with van der Waals surface area (Å²) >= 11 is 0. The topological polar surface area (TPSA) is 53.6 Å². The number of unbranched alkanes of at least 4 members (excludes halogenated alkanes) is 2. The van der Waals surface area contributed by atoms with Gasteiger partial charge >= 0.3 is 0 Å². The SMILES string of the molecule is CCCCN(CCCC)CCCNCc1ccc(OCC(=O)NC(C)(C)C)cc1.Cl.Cl. The summed E-state index contributed by atoms with van der Waals surface area (Å²) in [5.74, 6) is 0.621. The Hall–Kier alpha value is -1.01. The van der Waals surface area contributed by atoms with E-state index in [2.05, 4.69) is 41.5 Å². The number of nitrogens with one attached hydrogen (secondary N) is 2. The highest BCUT2D eigenvalue weighted by atomic mass is 35.5. The van der Waals surface area contributed by atoms with E-state index in [9.17, 15) is 4.79 Å². The summed E-state index contributed by atoms with van der Waals surface area (Å²) < 4.78 is 5.56. The summed E-state index contributed by atoms with van der Waals surface area (Å²) in [7, 11) is 0. The van der Waals surface area contributed by atoms with Crippen molar-refractivity contribution in [3.63, 3.8) is 0 Å². The first-order chi connectivity index (χ1) is 13.8. The molecule has 0 bridgehead atoms. The summed E-state index contributed by atoms with van der Waals surface area (Å²) in [6, 6.07) is 7.97. The van der Waals surface area contributed by atoms with Crippen LogP contribution in [0.3, 0.4) is 0 Å². The van der Waals surface area contributed by atoms with Crippen molar-refractivity contribution in [1.82, 2.24) is 15.5 Å². The fraction of sp³-hybridized carbons (Fsp3) is 0.708. The molecule has 1 aromatic carbocycles. The van der Waals surface area contributed by atoms with E-state index in [1.54, 1.807) is 0 Å². The molecule has 5 nitrogen and oxygen atoms in total. The molecule has 0 atom stereocenters. The van der Waals surface area contributed by atoms with Crippen molar-refractivity contribution in [2.24, 2.45) is 0 Å². The first-order valence-corrected chi connectivity index (χ1v) is 11.3. The molecule has 0 radical (unpaired) electrons. The normalized spacial score (nSPS) is 10.9. The van der Waals surface area contributed by atoms with Gasteiger partial charge in [-0.25, -0.2) is 0 Å². The second-order valence-corrected chi connectivity index (χ2v) is 8.81. The molecule has 1 rings (SSSR count). The van der Waals surface area contributed by atoms with E-state index in [0.717, 1.165) is 18.8 Å². The fourth-order valence-electron chi connectivity index (χ4n) is 3.07. The van der Waals surface area contributed by atoms with Crippen LogP contribution in [0.5, 0.6) is 5.75 Å². The van der Waals surface area contributed by atoms with Gasteiger partial charge in [0.2, 0.25) is 0 Å². The molecule has 2 N–H and O–H groups in total. The molecule has 1 aromatic rings. The zero-order valence-corrected chi connectivity index (χ0v) is 21.8. The van der Waals surface area contributed by atoms with Crippen LogP contribution in [-0.2, 0) is 11.3 Å². The Morgan fingerprint density at radius 3 is 2.00 bits per heavy atom. The Balaban J connectivity index is 0. The van der Waals surface area contributed by atoms with Gasteiger partial charge in [-0.1, -0.05) is 38.8 Å². The smallest absolute Gasteiger partial charge is 0.258 e. The van der Waals surface area contributed by atoms with Gasteiger partial charge in [0.25, 0.3) is 5.91 Å². The second-order valence-electron chi connectivity index (χ2n) is 8.81. The monoisotopic (exact) mass is 477 g/mol. The molecule has 182 valence electrons. The zero-order valence-electron chi connectivity index (χ0n) is 20.2. The molecule has 7 heteroatoms. The van der Waals surface area contributed by atoms with E-state index in [4.69, 9.17) is 4.74 Å². The molecule has 0 aliphatic rings. The zero-order chi connectivity index (χ0) is 21.5. The quantitative estimate of drug-likeness (QED) is 0.340. The van der Waals surface area contributed by atoms with Crippen LogP contribution in [0.25, 0.3) is 0 Å². The third-order valence-electron chi connectivity index (χ3n) is 4.62. The van der Waals surface area contributed by atoms with Crippen molar-refractivity contribution < 1.29 is 9.53 Å². The van der Waals surface area contributed by atoms with Crippen LogP contribution in [0.1, 0.15) is 72.3 Å². The lowest BCUT2D eigenvalue weighted by molar-refractivity contribution is -0.124. The van der Waals surface area contributed by atoms with Gasteiger partial charge in [0, 0.05) is 12.1 Å². The largest absolute Gasteiger partial charge is 0.484 e. The van der Waals surface area contributed by atoms with Crippen molar-refractivity contribution in [2.45, 2.75) is 78.8 Å². The molecular weight excluding hydrogens is 433 g/mol. The lowest BCUT2D eigenvalue weighted by Crippen LogP contribution is -2.43. The Morgan fingerprint density at radius 1 is 0.935 bits per heavy atom. The third kappa shape index (κ3) is 17.2. The highest BCUT2D eigenvalue weighted by molar-refractivity contribution is 5.85. The van der Waals surface area contributed by atoms with Crippen LogP contribution in [0, 0.1) is 0 Å². The third-order valence-corrected chi connectivity index (χ3v) is 4.62. The lowest BCUT2D eigenvalue weighted by atomic mass is 10.1. The Bertz CT molecular complexity index is 555. The molecule has 0 unspecified atom stereocenters. The predicted molar refractivity (Wildman–Crippen MR) is 137 cm³/mol. The van der Waals surface area contributed by atoms with Gasteiger partial charge in [-0.15, -0.1) is 24.8 Å². The molecular formula is C24H45Cl2N3O2. The van der Waals surface area contributed by atoms with E-state index in [1.165, 1.54) is 57.3 Å². The number of rotatable bonds is 15. The standard InChI is InChI=1S/C24H43N3O2.2ClH/c1-6-8-16-27(17-9-7-2)18-10-15-25-19-21-11-13-22(14-12-21)29-20-23(28)26-24(3,4)5;;/h11-14,25H,6-10,15-20H2,1-5H3,(H,26,28);2*1H. The maximum absolute atomic E-state index is 11.8. The Morgan fingerprint density at radius 2 is 1.48 bits per heavy atom. The molecule has 1 amide bonds. The lowest BCUT2D eigenvalue weighted by Gasteiger charge is -2.22. The van der Waals surface area contributed by atoms with Crippen LogP contribution in [0.15, 0.2) is 24.3 Å². The first kappa shape index (κ1) is 32.2. The van der Waals surface area contributed by atoms with Crippen molar-refractivity contribution >= 4 is 30.7 Å². The van der Waals surface area contributed by atoms with Gasteiger partial charge < -0.3 is 20.3 Å². The average molecular weight is 479 g/mol. The van der Waals surface area contributed by atoms with E-state index >= 15 is 0 Å². The highest BCUT2D eigenvalue weighted by Crippen LogP contribution is 2.12. The minimum Gasteiger partial charge on any atom is -0.484 e. The molecule has 31 heavy (non-hydrogen) atoms. The number of nitrogens with zero attached hydrogens (tertiary/aromatic N) is 1. The molecule has 0 aliphatic carbocycles. The van der Waals surface area contributed by atoms with Gasteiger partial charge in [-0.3, -0.25) is 4.79 Å². The van der Waals surface area contributed by atoms with Crippen molar-refractivity contribution in [2.75, 3.05) is 32.8 Å². The molecule has 0 saturated carbocycles. The number of halogens is 2. The number of benzene rings is 1. The van der Waals surface area contributed by atoms with Crippen LogP contribution in [0.2, 0.25) is 0 Å². The van der Waals surface area contributed by atoms with Crippen LogP contribution < -0.4 is 15.4 Å². The van der Waals surface area contributed by atoms with E-state index in [1.807, 2.05) is 32.9 Å². The van der Waals surface area contributed by atoms with Crippen LogP contribution >= 0.6 is 24.8 Å². The number of amides is 1. The summed E-state index contributed by atoms with van der Waals surface area (Å²) in [5.41, 5.74) is 0.990. The number of hydrogen-bond donors (Lipinski definition) is 2. The molecule has 0 aliphatic heterocycles. The minimum absolute atomic E-state index is 0. The average Bonchev–Trinajstić information content (AvgIpc) is 2.67. The molecule has 0 fully saturated rings. The molecule has 0 saturated heterocycles. The van der Waals surface area contributed by atoms with Gasteiger partial charge in [-0.05, 0) is 83.9 Å². The number of carbonyl (C=O) groups is 1. The summed E-state index contributed by atoms with van der Waals surface area (Å²) in [4.78, 5) is 14.4. The van der Waals surface area contributed by atoms with Crippen molar-refractivity contribution in [3.8, 4) is 5.75 Å². The minimum atomic E-state index is -0.237. The van der Waals surface area contributed by atoms with Gasteiger partial charge in [-0.2, -0.15) is 0 Å². The summed E-state index contributed by atoms with van der Waals surface area (Å²) in [6.07, 6.45) is 6.30. The molecule has 0 aromatic heterocycles. The number of ether oxygens (including phenoxy) is 1. The van der Waals surface area contributed by atoms with Gasteiger partial charge in [0.1, 0.15) is 5.75 Å². The maximum atomic E-state index is 11.8.